The standard InChI is InChI=1S/C27H33N3O3/c1-3-19-10-4-8-14-23(19)28-25(31)18-29(2)26(32)21-12-6-7-13-22(21)27(33)30-17-16-20-11-5-9-15-24(20)30/h4-5,8-11,14-15,21-22H,3,6-7,12-13,16-18H2,1-2H3,(H,28,31). The van der Waals surface area contributed by atoms with Gasteiger partial charge in [0, 0.05) is 30.9 Å². The van der Waals surface area contributed by atoms with Crippen LogP contribution in [0.3, 0.4) is 0 Å². The summed E-state index contributed by atoms with van der Waals surface area (Å²) in [5, 5.41) is 2.93. The van der Waals surface area contributed by atoms with E-state index in [1.54, 1.807) is 7.05 Å². The number of amides is 3. The molecule has 0 radical (unpaired) electrons. The lowest BCUT2D eigenvalue weighted by atomic mass is 9.77. The molecule has 174 valence electrons. The number of anilines is 2. The number of carbonyl (C=O) groups excluding carboxylic acids is 3. The largest absolute Gasteiger partial charge is 0.336 e. The summed E-state index contributed by atoms with van der Waals surface area (Å²) < 4.78 is 0. The first-order valence-electron chi connectivity index (χ1n) is 12.0. The second-order valence-corrected chi connectivity index (χ2v) is 9.12. The first-order chi connectivity index (χ1) is 16.0. The molecule has 1 aliphatic heterocycles. The van der Waals surface area contributed by atoms with Gasteiger partial charge in [-0.15, -0.1) is 0 Å². The second-order valence-electron chi connectivity index (χ2n) is 9.12. The van der Waals surface area contributed by atoms with Gasteiger partial charge >= 0.3 is 0 Å². The molecule has 0 aromatic heterocycles. The Morgan fingerprint density at radius 2 is 1.70 bits per heavy atom. The number of para-hydroxylation sites is 2. The van der Waals surface area contributed by atoms with Gasteiger partial charge in [-0.3, -0.25) is 14.4 Å². The molecule has 6 nitrogen and oxygen atoms in total. The lowest BCUT2D eigenvalue weighted by molar-refractivity contribution is -0.143. The summed E-state index contributed by atoms with van der Waals surface area (Å²) in [6, 6.07) is 15.7. The van der Waals surface area contributed by atoms with Gasteiger partial charge in [0.2, 0.25) is 17.7 Å². The van der Waals surface area contributed by atoms with Crippen molar-refractivity contribution in [2.75, 3.05) is 30.4 Å². The fourth-order valence-corrected chi connectivity index (χ4v) is 5.21. The number of benzene rings is 2. The van der Waals surface area contributed by atoms with Crippen LogP contribution >= 0.6 is 0 Å². The Bertz CT molecular complexity index is 1030. The molecular weight excluding hydrogens is 414 g/mol. The number of hydrogen-bond acceptors (Lipinski definition) is 3. The van der Waals surface area contributed by atoms with Crippen LogP contribution in [0.4, 0.5) is 11.4 Å². The van der Waals surface area contributed by atoms with Crippen molar-refractivity contribution in [1.82, 2.24) is 4.90 Å². The highest BCUT2D eigenvalue weighted by Gasteiger charge is 2.40. The first-order valence-corrected chi connectivity index (χ1v) is 12.0. The molecule has 33 heavy (non-hydrogen) atoms. The van der Waals surface area contributed by atoms with Crippen molar-refractivity contribution >= 4 is 29.1 Å². The molecule has 0 saturated heterocycles. The van der Waals surface area contributed by atoms with E-state index in [1.165, 1.54) is 10.5 Å². The van der Waals surface area contributed by atoms with E-state index in [0.29, 0.717) is 13.0 Å². The van der Waals surface area contributed by atoms with E-state index in [9.17, 15) is 14.4 Å². The average Bonchev–Trinajstić information content (AvgIpc) is 3.27. The smallest absolute Gasteiger partial charge is 0.243 e. The third-order valence-corrected chi connectivity index (χ3v) is 6.98. The molecule has 1 aliphatic carbocycles. The van der Waals surface area contributed by atoms with Crippen LogP contribution in [0.2, 0.25) is 0 Å². The van der Waals surface area contributed by atoms with Crippen LogP contribution in [0.5, 0.6) is 0 Å². The minimum atomic E-state index is -0.375. The lowest BCUT2D eigenvalue weighted by Crippen LogP contribution is -2.47. The van der Waals surface area contributed by atoms with Crippen LogP contribution < -0.4 is 10.2 Å². The summed E-state index contributed by atoms with van der Waals surface area (Å²) in [4.78, 5) is 42.9. The molecule has 2 unspecified atom stereocenters. The van der Waals surface area contributed by atoms with Crippen LogP contribution in [0.1, 0.15) is 43.7 Å². The van der Waals surface area contributed by atoms with Gasteiger partial charge in [0.15, 0.2) is 0 Å². The maximum atomic E-state index is 13.5. The average molecular weight is 448 g/mol. The summed E-state index contributed by atoms with van der Waals surface area (Å²) in [5.74, 6) is -0.991. The van der Waals surface area contributed by atoms with Crippen molar-refractivity contribution in [3.8, 4) is 0 Å². The van der Waals surface area contributed by atoms with Gasteiger partial charge in [-0.25, -0.2) is 0 Å². The van der Waals surface area contributed by atoms with Crippen LogP contribution in [-0.4, -0.2) is 42.8 Å². The maximum absolute atomic E-state index is 13.5. The zero-order chi connectivity index (χ0) is 23.4. The number of nitrogens with one attached hydrogen (secondary N) is 1. The van der Waals surface area contributed by atoms with E-state index in [1.807, 2.05) is 54.3 Å². The molecule has 1 fully saturated rings. The zero-order valence-electron chi connectivity index (χ0n) is 19.5. The van der Waals surface area contributed by atoms with Crippen LogP contribution in [0, 0.1) is 11.8 Å². The highest BCUT2D eigenvalue weighted by Crippen LogP contribution is 2.36. The Morgan fingerprint density at radius 1 is 1.00 bits per heavy atom. The van der Waals surface area contributed by atoms with Crippen LogP contribution in [-0.2, 0) is 27.2 Å². The van der Waals surface area contributed by atoms with E-state index >= 15 is 0 Å². The molecule has 2 atom stereocenters. The first kappa shape index (κ1) is 23.0. The number of fused-ring (bicyclic) bond motifs is 1. The molecule has 0 spiro atoms. The van der Waals surface area contributed by atoms with Gasteiger partial charge in [0.05, 0.1) is 12.5 Å². The molecule has 1 N–H and O–H groups in total. The molecule has 1 heterocycles. The normalized spacial score (nSPS) is 19.6. The Morgan fingerprint density at radius 3 is 2.48 bits per heavy atom. The highest BCUT2D eigenvalue weighted by molar-refractivity contribution is 6.00. The third kappa shape index (κ3) is 4.95. The Labute approximate surface area is 196 Å². The minimum Gasteiger partial charge on any atom is -0.336 e. The molecule has 2 aromatic carbocycles. The predicted molar refractivity (Wildman–Crippen MR) is 130 cm³/mol. The van der Waals surface area contributed by atoms with Gasteiger partial charge in [-0.05, 0) is 48.9 Å². The van der Waals surface area contributed by atoms with E-state index in [0.717, 1.165) is 49.0 Å². The van der Waals surface area contributed by atoms with E-state index in [-0.39, 0.29) is 36.1 Å². The van der Waals surface area contributed by atoms with Crippen molar-refractivity contribution in [2.24, 2.45) is 11.8 Å². The molecular formula is C27H33N3O3. The predicted octanol–water partition coefficient (Wildman–Crippen LogP) is 4.04. The molecule has 4 rings (SSSR count). The topological polar surface area (TPSA) is 69.7 Å². The monoisotopic (exact) mass is 447 g/mol. The summed E-state index contributed by atoms with van der Waals surface area (Å²) in [6.45, 7) is 2.69. The summed E-state index contributed by atoms with van der Waals surface area (Å²) in [7, 11) is 1.66. The van der Waals surface area contributed by atoms with Gasteiger partial charge in [-0.2, -0.15) is 0 Å². The van der Waals surface area contributed by atoms with Crippen molar-refractivity contribution in [1.29, 1.82) is 0 Å². The number of hydrogen-bond donors (Lipinski definition) is 1. The number of rotatable bonds is 6. The molecule has 3 amide bonds. The van der Waals surface area contributed by atoms with E-state index < -0.39 is 0 Å². The van der Waals surface area contributed by atoms with E-state index in [2.05, 4.69) is 11.4 Å². The number of aryl methyl sites for hydroxylation is 1. The number of carbonyl (C=O) groups is 3. The highest BCUT2D eigenvalue weighted by atomic mass is 16.2. The van der Waals surface area contributed by atoms with Crippen molar-refractivity contribution in [3.63, 3.8) is 0 Å². The minimum absolute atomic E-state index is 0.0269. The van der Waals surface area contributed by atoms with Crippen molar-refractivity contribution in [2.45, 2.75) is 45.4 Å². The zero-order valence-corrected chi connectivity index (χ0v) is 19.5. The molecule has 6 heteroatoms. The quantitative estimate of drug-likeness (QED) is 0.727. The Kier molecular flexibility index (Phi) is 7.11. The van der Waals surface area contributed by atoms with Crippen molar-refractivity contribution < 1.29 is 14.4 Å². The van der Waals surface area contributed by atoms with Gasteiger partial charge < -0.3 is 15.1 Å². The maximum Gasteiger partial charge on any atom is 0.243 e. The molecule has 2 aliphatic rings. The summed E-state index contributed by atoms with van der Waals surface area (Å²) in [6.07, 6.45) is 4.96. The number of likely N-dealkylation sites (N-methyl/N-ethyl adjacent to an activating group) is 1. The molecule has 1 saturated carbocycles. The Hall–Kier alpha value is -3.15. The fraction of sp³-hybridized carbons (Fsp3) is 0.444. The van der Waals surface area contributed by atoms with Gasteiger partial charge in [-0.1, -0.05) is 56.2 Å². The number of nitrogens with zero attached hydrogens (tertiary/aromatic N) is 2. The summed E-state index contributed by atoms with van der Waals surface area (Å²) in [5.41, 5.74) is 4.00. The van der Waals surface area contributed by atoms with Crippen LogP contribution in [0.15, 0.2) is 48.5 Å². The summed E-state index contributed by atoms with van der Waals surface area (Å²) >= 11 is 0. The van der Waals surface area contributed by atoms with Crippen molar-refractivity contribution in [3.05, 3.63) is 59.7 Å². The SMILES string of the molecule is CCc1ccccc1NC(=O)CN(C)C(=O)C1CCCCC1C(=O)N1CCc2ccccc21. The van der Waals surface area contributed by atoms with Gasteiger partial charge in [0.25, 0.3) is 0 Å². The van der Waals surface area contributed by atoms with Crippen LogP contribution in [0.25, 0.3) is 0 Å². The Balaban J connectivity index is 1.42. The van der Waals surface area contributed by atoms with Gasteiger partial charge in [0.1, 0.15) is 0 Å². The second kappa shape index (κ2) is 10.2. The lowest BCUT2D eigenvalue weighted by Gasteiger charge is -2.34. The molecule has 2 aromatic rings. The third-order valence-electron chi connectivity index (χ3n) is 6.98. The fourth-order valence-electron chi connectivity index (χ4n) is 5.21. The molecule has 0 bridgehead atoms. The van der Waals surface area contributed by atoms with E-state index in [4.69, 9.17) is 0 Å².